The molecule has 3 heterocycles. The fourth-order valence-electron chi connectivity index (χ4n) is 6.36. The standard InChI is InChI=1S/C38H36N4O7/c1-45-29-17-13-27(14-18-29)38(26-11-7-4-8-12-26,28-15-19-30(46-2)20-16-28)48-22-31-33(43)34(47-21-25-9-5-3-6-10-25)37(49-31)42-24-41-32-35(42)39-23-40-36(32)44/h3-20,23-24,31,33-34,37,43H,21-22H2,1-2H3,(H,39,40,44)/t31-,33-,34-,37?/m1/s1. The third-order valence-electron chi connectivity index (χ3n) is 8.87. The van der Waals surface area contributed by atoms with E-state index in [0.29, 0.717) is 17.1 Å². The van der Waals surface area contributed by atoms with Gasteiger partial charge in [-0.15, -0.1) is 0 Å². The second kappa shape index (κ2) is 14.0. The van der Waals surface area contributed by atoms with E-state index in [1.165, 1.54) is 12.7 Å². The molecule has 1 aliphatic rings. The van der Waals surface area contributed by atoms with Crippen molar-refractivity contribution >= 4 is 11.2 Å². The minimum absolute atomic E-state index is 0.0313. The third-order valence-corrected chi connectivity index (χ3v) is 8.87. The molecule has 2 N–H and O–H groups in total. The number of benzene rings is 4. The van der Waals surface area contributed by atoms with Gasteiger partial charge in [0.2, 0.25) is 0 Å². The maximum atomic E-state index is 12.5. The van der Waals surface area contributed by atoms with Gasteiger partial charge in [-0.2, -0.15) is 0 Å². The molecule has 1 fully saturated rings. The molecule has 0 saturated carbocycles. The predicted molar refractivity (Wildman–Crippen MR) is 181 cm³/mol. The third kappa shape index (κ3) is 6.20. The van der Waals surface area contributed by atoms with Crippen LogP contribution in [0.5, 0.6) is 11.5 Å². The number of ether oxygens (including phenoxy) is 5. The van der Waals surface area contributed by atoms with Crippen molar-refractivity contribution in [2.24, 2.45) is 0 Å². The number of rotatable bonds is 12. The van der Waals surface area contributed by atoms with Gasteiger partial charge in [0.15, 0.2) is 17.4 Å². The molecule has 49 heavy (non-hydrogen) atoms. The van der Waals surface area contributed by atoms with Crippen LogP contribution in [0.25, 0.3) is 11.2 Å². The lowest BCUT2D eigenvalue weighted by Crippen LogP contribution is -2.40. The first-order valence-corrected chi connectivity index (χ1v) is 15.9. The zero-order valence-electron chi connectivity index (χ0n) is 27.0. The number of aromatic nitrogens is 4. The van der Waals surface area contributed by atoms with Crippen LogP contribution in [0.3, 0.4) is 0 Å². The lowest BCUT2D eigenvalue weighted by atomic mass is 9.80. The first kappa shape index (κ1) is 32.2. The van der Waals surface area contributed by atoms with Crippen molar-refractivity contribution < 1.29 is 28.8 Å². The Bertz CT molecular complexity index is 1990. The fourth-order valence-corrected chi connectivity index (χ4v) is 6.36. The zero-order valence-corrected chi connectivity index (χ0v) is 27.0. The summed E-state index contributed by atoms with van der Waals surface area (Å²) in [5, 5.41) is 11.9. The summed E-state index contributed by atoms with van der Waals surface area (Å²) in [5.41, 5.74) is 2.45. The molecule has 1 unspecified atom stereocenters. The summed E-state index contributed by atoms with van der Waals surface area (Å²) in [6.07, 6.45) is -0.875. The van der Waals surface area contributed by atoms with Crippen LogP contribution in [0.15, 0.2) is 127 Å². The highest BCUT2D eigenvalue weighted by Crippen LogP contribution is 2.43. The molecule has 11 nitrogen and oxygen atoms in total. The number of aliphatic hydroxyl groups excluding tert-OH is 1. The number of hydrogen-bond acceptors (Lipinski definition) is 9. The number of methoxy groups -OCH3 is 2. The molecule has 250 valence electrons. The average Bonchev–Trinajstić information content (AvgIpc) is 3.73. The summed E-state index contributed by atoms with van der Waals surface area (Å²) in [4.78, 5) is 23.7. The fraction of sp³-hybridized carbons (Fsp3) is 0.237. The first-order chi connectivity index (χ1) is 24.0. The van der Waals surface area contributed by atoms with E-state index in [9.17, 15) is 9.90 Å². The van der Waals surface area contributed by atoms with Crippen LogP contribution >= 0.6 is 0 Å². The van der Waals surface area contributed by atoms with E-state index in [4.69, 9.17) is 23.7 Å². The normalized spacial score (nSPS) is 19.2. The maximum Gasteiger partial charge on any atom is 0.278 e. The summed E-state index contributed by atoms with van der Waals surface area (Å²) >= 11 is 0. The van der Waals surface area contributed by atoms with Crippen molar-refractivity contribution in [2.75, 3.05) is 20.8 Å². The van der Waals surface area contributed by atoms with Crippen molar-refractivity contribution in [1.29, 1.82) is 0 Å². The van der Waals surface area contributed by atoms with Gasteiger partial charge >= 0.3 is 0 Å². The van der Waals surface area contributed by atoms with Crippen LogP contribution < -0.4 is 15.0 Å². The second-order valence-electron chi connectivity index (χ2n) is 11.7. The Hall–Kier alpha value is -5.33. The molecule has 4 atom stereocenters. The quantitative estimate of drug-likeness (QED) is 0.175. The second-order valence-corrected chi connectivity index (χ2v) is 11.7. The monoisotopic (exact) mass is 660 g/mol. The van der Waals surface area contributed by atoms with E-state index in [0.717, 1.165) is 22.3 Å². The Kier molecular flexibility index (Phi) is 9.23. The van der Waals surface area contributed by atoms with Crippen molar-refractivity contribution in [1.82, 2.24) is 19.5 Å². The van der Waals surface area contributed by atoms with Crippen molar-refractivity contribution in [3.63, 3.8) is 0 Å². The highest BCUT2D eigenvalue weighted by atomic mass is 16.6. The molecule has 0 radical (unpaired) electrons. The summed E-state index contributed by atoms with van der Waals surface area (Å²) in [6.45, 7) is 0.193. The molecule has 1 aliphatic heterocycles. The summed E-state index contributed by atoms with van der Waals surface area (Å²) in [7, 11) is 3.25. The summed E-state index contributed by atoms with van der Waals surface area (Å²) in [6, 6.07) is 35.0. The van der Waals surface area contributed by atoms with Gasteiger partial charge in [0.05, 0.1) is 40.1 Å². The Labute approximate surface area is 282 Å². The Balaban J connectivity index is 1.27. The molecule has 0 bridgehead atoms. The van der Waals surface area contributed by atoms with Gasteiger partial charge in [-0.05, 0) is 46.5 Å². The number of nitrogens with one attached hydrogen (secondary N) is 1. The molecule has 0 spiro atoms. The first-order valence-electron chi connectivity index (χ1n) is 15.9. The molecular formula is C38H36N4O7. The Morgan fingerprint density at radius 1 is 0.816 bits per heavy atom. The Morgan fingerprint density at radius 3 is 2.02 bits per heavy atom. The summed E-state index contributed by atoms with van der Waals surface area (Å²) in [5.74, 6) is 1.41. The van der Waals surface area contributed by atoms with Gasteiger partial charge in [0.1, 0.15) is 35.4 Å². The van der Waals surface area contributed by atoms with E-state index in [-0.39, 0.29) is 24.3 Å². The summed E-state index contributed by atoms with van der Waals surface area (Å²) < 4.78 is 32.6. The molecule has 7 rings (SSSR count). The minimum Gasteiger partial charge on any atom is -0.497 e. The van der Waals surface area contributed by atoms with E-state index in [2.05, 4.69) is 15.0 Å². The lowest BCUT2D eigenvalue weighted by molar-refractivity contribution is -0.0968. The molecule has 1 saturated heterocycles. The Morgan fingerprint density at radius 2 is 1.41 bits per heavy atom. The lowest BCUT2D eigenvalue weighted by Gasteiger charge is -2.37. The van der Waals surface area contributed by atoms with Crippen molar-refractivity contribution in [3.8, 4) is 11.5 Å². The largest absolute Gasteiger partial charge is 0.497 e. The van der Waals surface area contributed by atoms with Gasteiger partial charge < -0.3 is 33.8 Å². The average molecular weight is 661 g/mol. The van der Waals surface area contributed by atoms with Gasteiger partial charge in [0, 0.05) is 0 Å². The number of aliphatic hydroxyl groups is 1. The number of aromatic amines is 1. The number of nitrogens with zero attached hydrogens (tertiary/aromatic N) is 3. The van der Waals surface area contributed by atoms with Crippen LogP contribution in [0.4, 0.5) is 0 Å². The number of fused-ring (bicyclic) bond motifs is 1. The molecule has 4 aromatic carbocycles. The SMILES string of the molecule is COc1ccc(C(OC[C@H]2OC(n3cnc4c(=O)[nH]cnc43)[C@H](OCc3ccccc3)[C@@H]2O)(c2ccccc2)c2ccc(OC)cc2)cc1. The maximum absolute atomic E-state index is 12.5. The molecule has 2 aromatic heterocycles. The highest BCUT2D eigenvalue weighted by molar-refractivity contribution is 5.68. The molecule has 0 amide bonds. The smallest absolute Gasteiger partial charge is 0.278 e. The van der Waals surface area contributed by atoms with Gasteiger partial charge in [-0.3, -0.25) is 9.36 Å². The number of imidazole rings is 1. The van der Waals surface area contributed by atoms with Crippen LogP contribution in [0.2, 0.25) is 0 Å². The zero-order chi connectivity index (χ0) is 33.8. The van der Waals surface area contributed by atoms with E-state index in [1.54, 1.807) is 18.8 Å². The van der Waals surface area contributed by atoms with E-state index in [1.807, 2.05) is 109 Å². The van der Waals surface area contributed by atoms with Crippen LogP contribution in [0, 0.1) is 0 Å². The highest BCUT2D eigenvalue weighted by Gasteiger charge is 2.48. The van der Waals surface area contributed by atoms with Gasteiger partial charge in [0.25, 0.3) is 5.56 Å². The van der Waals surface area contributed by atoms with Gasteiger partial charge in [-0.1, -0.05) is 84.9 Å². The van der Waals surface area contributed by atoms with Crippen LogP contribution in [-0.2, 0) is 26.4 Å². The molecule has 0 aliphatic carbocycles. The minimum atomic E-state index is -1.13. The molecule has 11 heteroatoms. The van der Waals surface area contributed by atoms with E-state index >= 15 is 0 Å². The van der Waals surface area contributed by atoms with Crippen molar-refractivity contribution in [2.45, 2.75) is 36.7 Å². The van der Waals surface area contributed by atoms with Crippen molar-refractivity contribution in [3.05, 3.63) is 154 Å². The van der Waals surface area contributed by atoms with Crippen LogP contribution in [0.1, 0.15) is 28.5 Å². The van der Waals surface area contributed by atoms with Crippen LogP contribution in [-0.4, -0.2) is 63.8 Å². The van der Waals surface area contributed by atoms with Gasteiger partial charge in [-0.25, -0.2) is 9.97 Å². The topological polar surface area (TPSA) is 130 Å². The molecule has 6 aromatic rings. The number of H-pyrrole nitrogens is 1. The van der Waals surface area contributed by atoms with E-state index < -0.39 is 30.1 Å². The predicted octanol–water partition coefficient (Wildman–Crippen LogP) is 4.99. The molecular weight excluding hydrogens is 624 g/mol. The number of hydrogen-bond donors (Lipinski definition) is 2.